The van der Waals surface area contributed by atoms with Gasteiger partial charge in [0.2, 0.25) is 0 Å². The molecule has 0 aliphatic rings. The summed E-state index contributed by atoms with van der Waals surface area (Å²) in [6, 6.07) is 7.50. The lowest BCUT2D eigenvalue weighted by Gasteiger charge is -2.06. The second-order valence-corrected chi connectivity index (χ2v) is 5.00. The Labute approximate surface area is 118 Å². The van der Waals surface area contributed by atoms with Crippen molar-refractivity contribution in [1.29, 1.82) is 0 Å². The summed E-state index contributed by atoms with van der Waals surface area (Å²) < 4.78 is 0. The standard InChI is InChI=1S/C12H11N3O4S/c16-14(17)9-3-4-11(12(8-9)15(18)19)13-6-5-10-2-1-7-20-10/h1-4,7-8,13H,5-6H2. The van der Waals surface area contributed by atoms with Crippen molar-refractivity contribution in [2.45, 2.75) is 6.42 Å². The number of non-ortho nitro benzene ring substituents is 1. The fraction of sp³-hybridized carbons (Fsp3) is 0.167. The van der Waals surface area contributed by atoms with E-state index in [1.165, 1.54) is 17.0 Å². The fourth-order valence-corrected chi connectivity index (χ4v) is 2.42. The Kier molecular flexibility index (Phi) is 4.26. The Morgan fingerprint density at radius 3 is 2.55 bits per heavy atom. The van der Waals surface area contributed by atoms with E-state index in [-0.39, 0.29) is 17.1 Å². The third-order valence-electron chi connectivity index (χ3n) is 2.66. The molecule has 0 radical (unpaired) electrons. The number of rotatable bonds is 6. The molecule has 20 heavy (non-hydrogen) atoms. The van der Waals surface area contributed by atoms with Crippen LogP contribution < -0.4 is 5.32 Å². The Morgan fingerprint density at radius 1 is 1.15 bits per heavy atom. The van der Waals surface area contributed by atoms with Gasteiger partial charge in [-0.05, 0) is 23.9 Å². The molecular formula is C12H11N3O4S. The maximum atomic E-state index is 10.9. The zero-order chi connectivity index (χ0) is 14.5. The van der Waals surface area contributed by atoms with Gasteiger partial charge in [0.1, 0.15) is 5.69 Å². The van der Waals surface area contributed by atoms with Gasteiger partial charge in [0.05, 0.1) is 15.9 Å². The first-order chi connectivity index (χ1) is 9.58. The van der Waals surface area contributed by atoms with Crippen LogP contribution in [0.25, 0.3) is 0 Å². The van der Waals surface area contributed by atoms with Crippen LogP contribution in [0.5, 0.6) is 0 Å². The normalized spacial score (nSPS) is 10.2. The lowest BCUT2D eigenvalue weighted by atomic mass is 10.2. The van der Waals surface area contributed by atoms with Crippen LogP contribution in [0.2, 0.25) is 0 Å². The van der Waals surface area contributed by atoms with Crippen molar-refractivity contribution >= 4 is 28.4 Å². The number of nitrogens with one attached hydrogen (secondary N) is 1. The molecule has 0 unspecified atom stereocenters. The van der Waals surface area contributed by atoms with Gasteiger partial charge in [-0.2, -0.15) is 0 Å². The first-order valence-corrected chi connectivity index (χ1v) is 6.65. The second-order valence-electron chi connectivity index (χ2n) is 3.97. The molecule has 7 nitrogen and oxygen atoms in total. The Morgan fingerprint density at radius 2 is 1.95 bits per heavy atom. The van der Waals surface area contributed by atoms with Gasteiger partial charge in [0.25, 0.3) is 11.4 Å². The summed E-state index contributed by atoms with van der Waals surface area (Å²) in [7, 11) is 0. The predicted octanol–water partition coefficient (Wildman–Crippen LogP) is 3.22. The van der Waals surface area contributed by atoms with Gasteiger partial charge in [-0.3, -0.25) is 20.2 Å². The summed E-state index contributed by atoms with van der Waals surface area (Å²) in [6.45, 7) is 0.527. The number of nitro groups is 2. The molecule has 0 aliphatic heterocycles. The summed E-state index contributed by atoms with van der Waals surface area (Å²) in [6.07, 6.45) is 0.742. The van der Waals surface area contributed by atoms with Crippen LogP contribution in [0.3, 0.4) is 0 Å². The topological polar surface area (TPSA) is 98.3 Å². The van der Waals surface area contributed by atoms with Gasteiger partial charge in [0, 0.05) is 17.5 Å². The molecule has 0 atom stereocenters. The largest absolute Gasteiger partial charge is 0.379 e. The number of nitrogens with zero attached hydrogens (tertiary/aromatic N) is 2. The third-order valence-corrected chi connectivity index (χ3v) is 3.59. The molecule has 0 fully saturated rings. The number of benzene rings is 1. The van der Waals surface area contributed by atoms with Crippen molar-refractivity contribution in [3.05, 3.63) is 60.8 Å². The molecule has 1 aromatic carbocycles. The van der Waals surface area contributed by atoms with Crippen molar-refractivity contribution in [2.24, 2.45) is 0 Å². The average molecular weight is 293 g/mol. The average Bonchev–Trinajstić information content (AvgIpc) is 2.91. The highest BCUT2D eigenvalue weighted by molar-refractivity contribution is 7.09. The van der Waals surface area contributed by atoms with E-state index >= 15 is 0 Å². The van der Waals surface area contributed by atoms with E-state index in [1.54, 1.807) is 11.3 Å². The van der Waals surface area contributed by atoms with Crippen LogP contribution in [-0.4, -0.2) is 16.4 Å². The lowest BCUT2D eigenvalue weighted by molar-refractivity contribution is -0.393. The molecule has 1 N–H and O–H groups in total. The quantitative estimate of drug-likeness (QED) is 0.651. The van der Waals surface area contributed by atoms with Crippen molar-refractivity contribution in [3.63, 3.8) is 0 Å². The number of hydrogen-bond donors (Lipinski definition) is 1. The van der Waals surface area contributed by atoms with E-state index in [0.717, 1.165) is 12.5 Å². The second kappa shape index (κ2) is 6.11. The predicted molar refractivity (Wildman–Crippen MR) is 76.3 cm³/mol. The van der Waals surface area contributed by atoms with E-state index < -0.39 is 9.85 Å². The highest BCUT2D eigenvalue weighted by atomic mass is 32.1. The number of nitro benzene ring substituents is 2. The highest BCUT2D eigenvalue weighted by Gasteiger charge is 2.18. The smallest absolute Gasteiger partial charge is 0.299 e. The Hall–Kier alpha value is -2.48. The van der Waals surface area contributed by atoms with Crippen molar-refractivity contribution in [3.8, 4) is 0 Å². The van der Waals surface area contributed by atoms with E-state index in [9.17, 15) is 20.2 Å². The summed E-state index contributed by atoms with van der Waals surface area (Å²) in [5, 5.41) is 26.5. The Bertz CT molecular complexity index is 628. The maximum absolute atomic E-state index is 10.9. The minimum absolute atomic E-state index is 0.287. The van der Waals surface area contributed by atoms with Crippen molar-refractivity contribution in [1.82, 2.24) is 0 Å². The summed E-state index contributed by atoms with van der Waals surface area (Å²) in [5.74, 6) is 0. The van der Waals surface area contributed by atoms with Crippen LogP contribution in [0.1, 0.15) is 4.88 Å². The van der Waals surface area contributed by atoms with Crippen LogP contribution in [0.4, 0.5) is 17.1 Å². The molecule has 104 valence electrons. The van der Waals surface area contributed by atoms with Crippen LogP contribution >= 0.6 is 11.3 Å². The number of anilines is 1. The van der Waals surface area contributed by atoms with Crippen LogP contribution in [-0.2, 0) is 6.42 Å². The van der Waals surface area contributed by atoms with Gasteiger partial charge in [-0.1, -0.05) is 6.07 Å². The molecule has 2 rings (SSSR count). The molecular weight excluding hydrogens is 282 g/mol. The van der Waals surface area contributed by atoms with E-state index in [1.807, 2.05) is 17.5 Å². The van der Waals surface area contributed by atoms with Gasteiger partial charge in [0.15, 0.2) is 0 Å². The molecule has 0 saturated carbocycles. The highest BCUT2D eigenvalue weighted by Crippen LogP contribution is 2.28. The van der Waals surface area contributed by atoms with Gasteiger partial charge < -0.3 is 5.32 Å². The van der Waals surface area contributed by atoms with Crippen molar-refractivity contribution < 1.29 is 9.85 Å². The number of thiophene rings is 1. The summed E-state index contributed by atoms with van der Waals surface area (Å²) in [5.41, 5.74) is -0.289. The monoisotopic (exact) mass is 293 g/mol. The van der Waals surface area contributed by atoms with E-state index in [0.29, 0.717) is 6.54 Å². The molecule has 2 aromatic rings. The van der Waals surface area contributed by atoms with E-state index in [2.05, 4.69) is 5.32 Å². The number of hydrogen-bond acceptors (Lipinski definition) is 6. The molecule has 1 aromatic heterocycles. The van der Waals surface area contributed by atoms with E-state index in [4.69, 9.17) is 0 Å². The van der Waals surface area contributed by atoms with Gasteiger partial charge in [-0.25, -0.2) is 0 Å². The first-order valence-electron chi connectivity index (χ1n) is 5.77. The van der Waals surface area contributed by atoms with Crippen LogP contribution in [0.15, 0.2) is 35.7 Å². The maximum Gasteiger partial charge on any atom is 0.299 e. The van der Waals surface area contributed by atoms with Gasteiger partial charge in [-0.15, -0.1) is 11.3 Å². The van der Waals surface area contributed by atoms with Gasteiger partial charge >= 0.3 is 0 Å². The zero-order valence-corrected chi connectivity index (χ0v) is 11.1. The minimum Gasteiger partial charge on any atom is -0.379 e. The summed E-state index contributed by atoms with van der Waals surface area (Å²) >= 11 is 1.61. The minimum atomic E-state index is -0.650. The van der Waals surface area contributed by atoms with Crippen LogP contribution in [0, 0.1) is 20.2 Å². The van der Waals surface area contributed by atoms with Crippen molar-refractivity contribution in [2.75, 3.05) is 11.9 Å². The molecule has 8 heteroatoms. The lowest BCUT2D eigenvalue weighted by Crippen LogP contribution is -2.06. The zero-order valence-electron chi connectivity index (χ0n) is 10.3. The first kappa shape index (κ1) is 13.9. The molecule has 0 bridgehead atoms. The SMILES string of the molecule is O=[N+]([O-])c1ccc(NCCc2cccs2)c([N+](=O)[O-])c1. The molecule has 0 spiro atoms. The fourth-order valence-electron chi connectivity index (χ4n) is 1.71. The Balaban J connectivity index is 2.10. The molecule has 0 amide bonds. The summed E-state index contributed by atoms with van der Waals surface area (Å²) in [4.78, 5) is 21.4. The molecule has 1 heterocycles. The molecule has 0 saturated heterocycles. The molecule has 0 aliphatic carbocycles. The third kappa shape index (κ3) is 3.29.